The van der Waals surface area contributed by atoms with Gasteiger partial charge in [0.05, 0.1) is 30.9 Å². The highest BCUT2D eigenvalue weighted by Gasteiger charge is 2.80. The fourth-order valence-corrected chi connectivity index (χ4v) is 7.53. The molecule has 0 radical (unpaired) electrons. The molecule has 3 saturated carbocycles. The van der Waals surface area contributed by atoms with E-state index in [1.165, 1.54) is 7.11 Å². The molecule has 3 aliphatic heterocycles. The molecule has 0 N–H and O–H groups in total. The van der Waals surface area contributed by atoms with Crippen LogP contribution in [-0.4, -0.2) is 55.7 Å². The number of methoxy groups -OCH3 is 2. The Balaban J connectivity index is 1.72. The minimum atomic E-state index is -0.569. The molecule has 3 heterocycles. The Bertz CT molecular complexity index is 958. The van der Waals surface area contributed by atoms with E-state index >= 15 is 0 Å². The third kappa shape index (κ3) is 1.45. The predicted molar refractivity (Wildman–Crippen MR) is 103 cm³/mol. The Hall–Kier alpha value is -2.34. The van der Waals surface area contributed by atoms with Gasteiger partial charge in [-0.05, 0) is 37.4 Å². The van der Waals surface area contributed by atoms with Crippen LogP contribution in [0.5, 0.6) is 5.75 Å². The van der Waals surface area contributed by atoms with Crippen molar-refractivity contribution in [2.75, 3.05) is 32.2 Å². The molecule has 1 amide bonds. The number of amides is 1. The van der Waals surface area contributed by atoms with Gasteiger partial charge in [-0.15, -0.1) is 0 Å². The van der Waals surface area contributed by atoms with Crippen molar-refractivity contribution in [1.29, 1.82) is 0 Å². The minimum absolute atomic E-state index is 0.0977. The molecule has 28 heavy (non-hydrogen) atoms. The van der Waals surface area contributed by atoms with Gasteiger partial charge in [0.15, 0.2) is 0 Å². The molecule has 7 rings (SSSR count). The Morgan fingerprint density at radius 2 is 2.07 bits per heavy atom. The normalized spacial score (nSPS) is 39.6. The summed E-state index contributed by atoms with van der Waals surface area (Å²) in [6.07, 6.45) is 6.89. The van der Waals surface area contributed by atoms with E-state index in [2.05, 4.69) is 23.1 Å². The highest BCUT2D eigenvalue weighted by atomic mass is 16.5. The van der Waals surface area contributed by atoms with Crippen LogP contribution in [0.4, 0.5) is 10.5 Å². The first kappa shape index (κ1) is 16.6. The number of hydrogen-bond donors (Lipinski definition) is 0. The molecule has 4 atom stereocenters. The molecular weight excluding hydrogens is 356 g/mol. The molecule has 4 fully saturated rings. The van der Waals surface area contributed by atoms with E-state index in [1.807, 2.05) is 12.1 Å². The maximum absolute atomic E-state index is 13.5. The second-order valence-corrected chi connectivity index (χ2v) is 8.85. The van der Waals surface area contributed by atoms with Crippen molar-refractivity contribution in [1.82, 2.24) is 4.90 Å². The molecule has 3 spiro atoms. The Labute approximate surface area is 164 Å². The monoisotopic (exact) mass is 380 g/mol. The minimum Gasteiger partial charge on any atom is -0.495 e. The number of ether oxygens (including phenoxy) is 2. The summed E-state index contributed by atoms with van der Waals surface area (Å²) in [5.41, 5.74) is 0.696. The van der Waals surface area contributed by atoms with Gasteiger partial charge < -0.3 is 9.47 Å². The number of nitrogens with zero attached hydrogens (tertiary/aromatic N) is 2. The van der Waals surface area contributed by atoms with Crippen molar-refractivity contribution in [3.8, 4) is 5.75 Å². The van der Waals surface area contributed by atoms with Gasteiger partial charge in [0.25, 0.3) is 0 Å². The first-order chi connectivity index (χ1) is 13.6. The summed E-state index contributed by atoms with van der Waals surface area (Å²) in [5.74, 6) is 0.943. The van der Waals surface area contributed by atoms with Gasteiger partial charge in [-0.2, -0.15) is 0 Å². The SMILES string of the molecule is COC(=O)N1c2c(OC)cccc2C23CCN4CC=CC5(CCC12CC5=O)C43. The number of rotatable bonds is 1. The topological polar surface area (TPSA) is 59.1 Å². The molecule has 146 valence electrons. The van der Waals surface area contributed by atoms with Gasteiger partial charge in [-0.3, -0.25) is 14.6 Å². The van der Waals surface area contributed by atoms with Crippen LogP contribution in [0, 0.1) is 5.41 Å². The lowest BCUT2D eigenvalue weighted by molar-refractivity contribution is -0.147. The predicted octanol–water partition coefficient (Wildman–Crippen LogP) is 2.66. The maximum atomic E-state index is 13.5. The van der Waals surface area contributed by atoms with Gasteiger partial charge in [-0.1, -0.05) is 24.3 Å². The summed E-state index contributed by atoms with van der Waals surface area (Å²) in [6, 6.07) is 6.15. The molecular formula is C22H24N2O4. The highest BCUT2D eigenvalue weighted by Crippen LogP contribution is 2.73. The lowest BCUT2D eigenvalue weighted by Crippen LogP contribution is -2.77. The van der Waals surface area contributed by atoms with Crippen LogP contribution in [-0.2, 0) is 14.9 Å². The zero-order valence-corrected chi connectivity index (χ0v) is 16.2. The highest BCUT2D eigenvalue weighted by molar-refractivity contribution is 6.02. The number of hydrogen-bond acceptors (Lipinski definition) is 5. The maximum Gasteiger partial charge on any atom is 0.414 e. The van der Waals surface area contributed by atoms with Crippen LogP contribution < -0.4 is 9.64 Å². The molecule has 4 unspecified atom stereocenters. The molecule has 6 nitrogen and oxygen atoms in total. The average molecular weight is 380 g/mol. The van der Waals surface area contributed by atoms with E-state index < -0.39 is 17.0 Å². The van der Waals surface area contributed by atoms with E-state index in [0.29, 0.717) is 12.2 Å². The van der Waals surface area contributed by atoms with Crippen molar-refractivity contribution in [3.63, 3.8) is 0 Å². The quantitative estimate of drug-likeness (QED) is 0.701. The van der Waals surface area contributed by atoms with Crippen LogP contribution in [0.3, 0.4) is 0 Å². The van der Waals surface area contributed by atoms with E-state index in [1.54, 1.807) is 12.0 Å². The Morgan fingerprint density at radius 3 is 2.82 bits per heavy atom. The van der Waals surface area contributed by atoms with Crippen molar-refractivity contribution in [2.45, 2.75) is 42.7 Å². The summed E-state index contributed by atoms with van der Waals surface area (Å²) in [5, 5.41) is 0. The molecule has 2 bridgehead atoms. The number of carbonyl (C=O) groups is 2. The summed E-state index contributed by atoms with van der Waals surface area (Å²) in [6.45, 7) is 1.81. The lowest BCUT2D eigenvalue weighted by atomic mass is 9.42. The van der Waals surface area contributed by atoms with Crippen molar-refractivity contribution in [3.05, 3.63) is 35.9 Å². The van der Waals surface area contributed by atoms with E-state index in [9.17, 15) is 9.59 Å². The van der Waals surface area contributed by atoms with Gasteiger partial charge in [0.2, 0.25) is 0 Å². The Kier molecular flexibility index (Phi) is 2.95. The molecule has 3 aliphatic carbocycles. The number of benzene rings is 1. The second-order valence-electron chi connectivity index (χ2n) is 8.85. The Morgan fingerprint density at radius 1 is 1.21 bits per heavy atom. The van der Waals surface area contributed by atoms with E-state index in [0.717, 1.165) is 43.6 Å². The molecule has 1 saturated heterocycles. The summed E-state index contributed by atoms with van der Waals surface area (Å²) in [4.78, 5) is 30.9. The summed E-state index contributed by atoms with van der Waals surface area (Å²) >= 11 is 0. The second kappa shape index (κ2) is 4.98. The number of Topliss-reactive ketones (excluding diaryl/α,β-unsaturated/α-hetero) is 1. The molecule has 1 aromatic rings. The zero-order valence-electron chi connectivity index (χ0n) is 16.2. The third-order valence-electron chi connectivity index (χ3n) is 8.33. The smallest absolute Gasteiger partial charge is 0.414 e. The van der Waals surface area contributed by atoms with Gasteiger partial charge in [0.1, 0.15) is 11.5 Å². The van der Waals surface area contributed by atoms with E-state index in [4.69, 9.17) is 9.47 Å². The van der Waals surface area contributed by atoms with Gasteiger partial charge in [-0.25, -0.2) is 4.79 Å². The van der Waals surface area contributed by atoms with Gasteiger partial charge >= 0.3 is 6.09 Å². The zero-order chi connectivity index (χ0) is 19.3. The largest absolute Gasteiger partial charge is 0.495 e. The summed E-state index contributed by atoms with van der Waals surface area (Å²) in [7, 11) is 3.05. The van der Waals surface area contributed by atoms with Crippen LogP contribution in [0.25, 0.3) is 0 Å². The third-order valence-corrected chi connectivity index (χ3v) is 8.33. The van der Waals surface area contributed by atoms with E-state index in [-0.39, 0.29) is 17.2 Å². The molecule has 1 aromatic carbocycles. The number of ketones is 1. The average Bonchev–Trinajstić information content (AvgIpc) is 3.24. The number of para-hydroxylation sites is 1. The standard InChI is InChI=1S/C22H24N2O4/c1-27-15-6-3-5-14-17(15)24(19(26)28-2)21-9-8-20(16(25)13-21)7-4-11-23-12-10-22(14,21)18(20)23/h3-7,18H,8-13H2,1-2H3. The van der Waals surface area contributed by atoms with Crippen molar-refractivity contribution >= 4 is 17.6 Å². The van der Waals surface area contributed by atoms with Gasteiger partial charge in [0, 0.05) is 24.4 Å². The van der Waals surface area contributed by atoms with Crippen LogP contribution in [0.15, 0.2) is 30.4 Å². The van der Waals surface area contributed by atoms with Crippen LogP contribution in [0.1, 0.15) is 31.2 Å². The fourth-order valence-electron chi connectivity index (χ4n) is 7.53. The number of carbonyl (C=O) groups excluding carboxylic acids is 2. The van der Waals surface area contributed by atoms with Crippen molar-refractivity contribution < 1.29 is 19.1 Å². The fraction of sp³-hybridized carbons (Fsp3) is 0.545. The molecule has 6 heteroatoms. The number of fused-ring (bicyclic) bond motifs is 3. The molecule has 6 aliphatic rings. The van der Waals surface area contributed by atoms with Crippen molar-refractivity contribution in [2.24, 2.45) is 5.41 Å². The van der Waals surface area contributed by atoms with Crippen LogP contribution >= 0.6 is 0 Å². The summed E-state index contributed by atoms with van der Waals surface area (Å²) < 4.78 is 10.9. The number of anilines is 1. The first-order valence-corrected chi connectivity index (χ1v) is 10.1. The molecule has 0 aromatic heterocycles. The van der Waals surface area contributed by atoms with Crippen LogP contribution in [0.2, 0.25) is 0 Å². The first-order valence-electron chi connectivity index (χ1n) is 10.1. The lowest BCUT2D eigenvalue weighted by Gasteiger charge is -2.65.